The topological polar surface area (TPSA) is 75.9 Å². The van der Waals surface area contributed by atoms with Crippen molar-refractivity contribution in [1.29, 1.82) is 0 Å². The summed E-state index contributed by atoms with van der Waals surface area (Å²) < 4.78 is 53.9. The number of piperidine rings is 1. The maximum absolute atomic E-state index is 13.5. The van der Waals surface area contributed by atoms with Crippen molar-refractivity contribution in [2.45, 2.75) is 19.0 Å². The van der Waals surface area contributed by atoms with Gasteiger partial charge in [-0.3, -0.25) is 9.36 Å². The lowest BCUT2D eigenvalue weighted by Gasteiger charge is -2.32. The average molecular weight is 434 g/mol. The summed E-state index contributed by atoms with van der Waals surface area (Å²) in [6.07, 6.45) is 1.42. The molecule has 11 heteroatoms. The van der Waals surface area contributed by atoms with Gasteiger partial charge in [-0.15, -0.1) is 10.2 Å². The molecule has 1 aliphatic heterocycles. The number of amides is 1. The highest BCUT2D eigenvalue weighted by molar-refractivity contribution is 5.93. The van der Waals surface area contributed by atoms with Crippen LogP contribution in [0, 0.1) is 11.7 Å². The van der Waals surface area contributed by atoms with Crippen molar-refractivity contribution >= 4 is 17.4 Å². The van der Waals surface area contributed by atoms with Crippen LogP contribution in [0.2, 0.25) is 0 Å². The van der Waals surface area contributed by atoms with Crippen LogP contribution in [-0.2, 0) is 11.0 Å². The highest BCUT2D eigenvalue weighted by atomic mass is 19.4. The minimum Gasteiger partial charge on any atom is -0.354 e. The summed E-state index contributed by atoms with van der Waals surface area (Å²) >= 11 is 0. The smallest absolute Gasteiger partial charge is 0.354 e. The number of rotatable bonds is 4. The lowest BCUT2D eigenvalue weighted by molar-refractivity contribution is -0.140. The molecule has 1 aliphatic rings. The molecule has 1 aromatic carbocycles. The molecule has 1 saturated heterocycles. The van der Waals surface area contributed by atoms with Crippen molar-refractivity contribution in [3.8, 4) is 5.82 Å². The highest BCUT2D eigenvalue weighted by Gasteiger charge is 2.34. The van der Waals surface area contributed by atoms with Crippen molar-refractivity contribution in [3.63, 3.8) is 0 Å². The predicted molar refractivity (Wildman–Crippen MR) is 104 cm³/mol. The number of halogens is 4. The second kappa shape index (κ2) is 8.32. The largest absolute Gasteiger partial charge is 0.419 e. The normalized spacial score (nSPS) is 16.9. The van der Waals surface area contributed by atoms with Gasteiger partial charge < -0.3 is 10.2 Å². The fourth-order valence-corrected chi connectivity index (χ4v) is 3.48. The van der Waals surface area contributed by atoms with Crippen LogP contribution in [0.15, 0.2) is 49.1 Å². The third-order valence-corrected chi connectivity index (χ3v) is 5.06. The number of carbonyl (C=O) groups excluding carboxylic acids is 1. The zero-order valence-corrected chi connectivity index (χ0v) is 16.2. The van der Waals surface area contributed by atoms with Crippen molar-refractivity contribution in [3.05, 3.63) is 60.4 Å². The molecule has 0 aliphatic carbocycles. The van der Waals surface area contributed by atoms with Crippen LogP contribution in [0.3, 0.4) is 0 Å². The summed E-state index contributed by atoms with van der Waals surface area (Å²) in [7, 11) is 0. The first-order valence-electron chi connectivity index (χ1n) is 9.56. The van der Waals surface area contributed by atoms with Crippen LogP contribution in [0.5, 0.6) is 0 Å². The van der Waals surface area contributed by atoms with E-state index >= 15 is 0 Å². The molecule has 1 amide bonds. The van der Waals surface area contributed by atoms with Crippen molar-refractivity contribution in [2.75, 3.05) is 23.3 Å². The molecular weight excluding hydrogens is 416 g/mol. The predicted octanol–water partition coefficient (Wildman–Crippen LogP) is 3.68. The number of carbonyl (C=O) groups is 1. The molecule has 2 aromatic heterocycles. The quantitative estimate of drug-likeness (QED) is 0.634. The molecule has 162 valence electrons. The number of nitrogens with one attached hydrogen (secondary N) is 1. The van der Waals surface area contributed by atoms with Crippen molar-refractivity contribution in [2.24, 2.45) is 5.92 Å². The molecule has 0 saturated carbocycles. The number of aromatic nitrogens is 4. The van der Waals surface area contributed by atoms with E-state index in [1.54, 1.807) is 35.4 Å². The maximum atomic E-state index is 13.5. The van der Waals surface area contributed by atoms with E-state index in [1.165, 1.54) is 0 Å². The molecule has 1 N–H and O–H groups in total. The number of benzene rings is 1. The first-order valence-corrected chi connectivity index (χ1v) is 9.56. The Hall–Kier alpha value is -3.50. The third-order valence-electron chi connectivity index (χ3n) is 5.06. The van der Waals surface area contributed by atoms with Gasteiger partial charge in [-0.05, 0) is 43.2 Å². The first-order chi connectivity index (χ1) is 14.8. The molecule has 0 radical (unpaired) electrons. The molecule has 4 rings (SSSR count). The van der Waals surface area contributed by atoms with Gasteiger partial charge in [-0.2, -0.15) is 13.2 Å². The minimum atomic E-state index is -4.84. The zero-order chi connectivity index (χ0) is 22.0. The molecule has 31 heavy (non-hydrogen) atoms. The number of hydrogen-bond donors (Lipinski definition) is 1. The molecule has 1 atom stereocenters. The summed E-state index contributed by atoms with van der Waals surface area (Å²) in [5.74, 6) is -1.06. The molecule has 1 unspecified atom stereocenters. The van der Waals surface area contributed by atoms with Crippen LogP contribution >= 0.6 is 0 Å². The van der Waals surface area contributed by atoms with Gasteiger partial charge in [0.05, 0.1) is 11.5 Å². The lowest BCUT2D eigenvalue weighted by Crippen LogP contribution is -2.41. The summed E-state index contributed by atoms with van der Waals surface area (Å²) in [4.78, 5) is 18.5. The lowest BCUT2D eigenvalue weighted by atomic mass is 9.97. The van der Waals surface area contributed by atoms with Crippen LogP contribution in [0.1, 0.15) is 18.4 Å². The first kappa shape index (κ1) is 20.8. The Bertz CT molecular complexity index is 1050. The molecule has 3 aromatic rings. The molecule has 7 nitrogen and oxygen atoms in total. The zero-order valence-electron chi connectivity index (χ0n) is 16.2. The summed E-state index contributed by atoms with van der Waals surface area (Å²) in [6, 6.07) is 5.99. The second-order valence-corrected chi connectivity index (χ2v) is 7.19. The van der Waals surface area contributed by atoms with E-state index in [-0.39, 0.29) is 5.69 Å². The average Bonchev–Trinajstić information content (AvgIpc) is 3.29. The van der Waals surface area contributed by atoms with Gasteiger partial charge in [0.1, 0.15) is 12.1 Å². The van der Waals surface area contributed by atoms with E-state index in [4.69, 9.17) is 0 Å². The van der Waals surface area contributed by atoms with Crippen LogP contribution in [0.25, 0.3) is 5.82 Å². The van der Waals surface area contributed by atoms with E-state index < -0.39 is 29.4 Å². The Morgan fingerprint density at radius 3 is 2.58 bits per heavy atom. The summed E-state index contributed by atoms with van der Waals surface area (Å²) in [6.45, 7) is 1.02. The third kappa shape index (κ3) is 4.65. The monoisotopic (exact) mass is 434 g/mol. The van der Waals surface area contributed by atoms with Crippen LogP contribution in [0.4, 0.5) is 29.1 Å². The fourth-order valence-electron chi connectivity index (χ4n) is 3.48. The van der Waals surface area contributed by atoms with E-state index in [2.05, 4.69) is 20.5 Å². The number of imidazole rings is 1. The van der Waals surface area contributed by atoms with Gasteiger partial charge in [0.2, 0.25) is 5.91 Å². The highest BCUT2D eigenvalue weighted by Crippen LogP contribution is 2.33. The Balaban J connectivity index is 1.43. The van der Waals surface area contributed by atoms with Gasteiger partial charge >= 0.3 is 6.18 Å². The maximum Gasteiger partial charge on any atom is 0.419 e. The Kier molecular flexibility index (Phi) is 5.57. The Labute approximate surface area is 174 Å². The fraction of sp³-hybridized carbons (Fsp3) is 0.300. The Morgan fingerprint density at radius 1 is 1.13 bits per heavy atom. The second-order valence-electron chi connectivity index (χ2n) is 7.19. The van der Waals surface area contributed by atoms with Crippen molar-refractivity contribution in [1.82, 2.24) is 19.7 Å². The SMILES string of the molecule is O=C(Nc1ccc(F)c(C(F)(F)F)c1)C1CCCN(c2ccc(-n3ccnc3)nn2)C1. The van der Waals surface area contributed by atoms with Crippen LogP contribution in [-0.4, -0.2) is 38.7 Å². The standard InChI is InChI=1S/C20H18F4N6O/c21-16-4-3-14(10-15(16)20(22,23)24)26-19(31)13-2-1-8-29(11-13)17-5-6-18(28-27-17)30-9-7-25-12-30/h3-7,9-10,12-13H,1-2,8,11H2,(H,26,31). The van der Waals surface area contributed by atoms with Gasteiger partial charge in [0.15, 0.2) is 11.6 Å². The number of alkyl halides is 3. The Morgan fingerprint density at radius 2 is 1.90 bits per heavy atom. The van der Waals surface area contributed by atoms with Gasteiger partial charge in [0, 0.05) is 31.2 Å². The molecule has 3 heterocycles. The molecular formula is C20H18F4N6O. The van der Waals surface area contributed by atoms with Gasteiger partial charge in [-0.25, -0.2) is 9.37 Å². The number of nitrogens with zero attached hydrogens (tertiary/aromatic N) is 5. The van der Waals surface area contributed by atoms with E-state index in [0.717, 1.165) is 6.07 Å². The van der Waals surface area contributed by atoms with Gasteiger partial charge in [0.25, 0.3) is 0 Å². The van der Waals surface area contributed by atoms with Gasteiger partial charge in [-0.1, -0.05) is 0 Å². The number of anilines is 2. The van der Waals surface area contributed by atoms with Crippen molar-refractivity contribution < 1.29 is 22.4 Å². The molecule has 0 bridgehead atoms. The summed E-state index contributed by atoms with van der Waals surface area (Å²) in [5, 5.41) is 10.8. The van der Waals surface area contributed by atoms with Crippen LogP contribution < -0.4 is 10.2 Å². The number of hydrogen-bond acceptors (Lipinski definition) is 5. The minimum absolute atomic E-state index is 0.0969. The van der Waals surface area contributed by atoms with E-state index in [9.17, 15) is 22.4 Å². The van der Waals surface area contributed by atoms with E-state index in [1.807, 2.05) is 4.90 Å². The molecule has 1 fully saturated rings. The summed E-state index contributed by atoms with van der Waals surface area (Å²) in [5.41, 5.74) is -1.51. The molecule has 0 spiro atoms. The van der Waals surface area contributed by atoms with E-state index in [0.29, 0.717) is 49.7 Å².